The smallest absolute Gasteiger partial charge is 0.259 e. The number of nitrogens with zero attached hydrogens (tertiary/aromatic N) is 3. The van der Waals surface area contributed by atoms with Crippen LogP contribution in [-0.2, 0) is 6.54 Å². The number of piperidine rings is 1. The van der Waals surface area contributed by atoms with Gasteiger partial charge >= 0.3 is 0 Å². The molecule has 1 saturated heterocycles. The van der Waals surface area contributed by atoms with E-state index < -0.39 is 0 Å². The van der Waals surface area contributed by atoms with Crippen molar-refractivity contribution in [1.29, 1.82) is 0 Å². The van der Waals surface area contributed by atoms with Gasteiger partial charge in [0.15, 0.2) is 0 Å². The van der Waals surface area contributed by atoms with E-state index in [4.69, 9.17) is 9.15 Å². The Morgan fingerprint density at radius 2 is 2.10 bits per heavy atom. The van der Waals surface area contributed by atoms with Crippen molar-refractivity contribution in [3.05, 3.63) is 71.2 Å². The van der Waals surface area contributed by atoms with Gasteiger partial charge in [-0.05, 0) is 48.6 Å². The van der Waals surface area contributed by atoms with Crippen molar-refractivity contribution >= 4 is 10.9 Å². The molecule has 0 unspecified atom stereocenters. The molecule has 5 rings (SSSR count). The number of hydrogen-bond acceptors (Lipinski definition) is 5. The minimum Gasteiger partial charge on any atom is -0.497 e. The van der Waals surface area contributed by atoms with E-state index in [1.807, 2.05) is 42.6 Å². The van der Waals surface area contributed by atoms with Crippen LogP contribution in [0.1, 0.15) is 24.6 Å². The van der Waals surface area contributed by atoms with Gasteiger partial charge in [-0.15, -0.1) is 0 Å². The number of H-pyrrole nitrogens is 1. The Labute approximate surface area is 173 Å². The van der Waals surface area contributed by atoms with Crippen LogP contribution in [0.15, 0.2) is 64.3 Å². The predicted molar refractivity (Wildman–Crippen MR) is 115 cm³/mol. The molecule has 1 aromatic carbocycles. The molecule has 0 amide bonds. The van der Waals surface area contributed by atoms with Crippen LogP contribution in [0.3, 0.4) is 0 Å². The Morgan fingerprint density at radius 1 is 1.23 bits per heavy atom. The van der Waals surface area contributed by atoms with Gasteiger partial charge in [0.1, 0.15) is 17.3 Å². The Morgan fingerprint density at radius 3 is 2.87 bits per heavy atom. The van der Waals surface area contributed by atoms with Crippen LogP contribution < -0.4 is 10.3 Å². The summed E-state index contributed by atoms with van der Waals surface area (Å²) in [6.45, 7) is 2.80. The number of furan rings is 1. The van der Waals surface area contributed by atoms with E-state index in [1.165, 1.54) is 0 Å². The highest BCUT2D eigenvalue weighted by molar-refractivity contribution is 5.83. The second-order valence-electron chi connectivity index (χ2n) is 7.71. The lowest BCUT2D eigenvalue weighted by Gasteiger charge is -2.32. The number of aromatic nitrogens is 3. The van der Waals surface area contributed by atoms with E-state index in [-0.39, 0.29) is 5.56 Å². The largest absolute Gasteiger partial charge is 0.497 e. The van der Waals surface area contributed by atoms with E-state index in [9.17, 15) is 4.79 Å². The van der Waals surface area contributed by atoms with Gasteiger partial charge in [-0.25, -0.2) is 4.98 Å². The molecular formula is C23H24N4O3. The third-order valence-electron chi connectivity index (χ3n) is 5.87. The maximum Gasteiger partial charge on any atom is 0.259 e. The van der Waals surface area contributed by atoms with Crippen molar-refractivity contribution in [2.45, 2.75) is 25.4 Å². The fourth-order valence-corrected chi connectivity index (χ4v) is 4.27. The Hall–Kier alpha value is -3.32. The lowest BCUT2D eigenvalue weighted by Crippen LogP contribution is -2.34. The first kappa shape index (κ1) is 18.7. The molecule has 0 atom stereocenters. The highest BCUT2D eigenvalue weighted by Gasteiger charge is 2.24. The maximum absolute atomic E-state index is 12.8. The van der Waals surface area contributed by atoms with Crippen molar-refractivity contribution in [2.24, 2.45) is 0 Å². The quantitative estimate of drug-likeness (QED) is 0.547. The van der Waals surface area contributed by atoms with E-state index in [0.717, 1.165) is 55.0 Å². The number of ether oxygens (including phenoxy) is 1. The number of benzene rings is 1. The zero-order chi connectivity index (χ0) is 20.5. The van der Waals surface area contributed by atoms with Crippen molar-refractivity contribution in [2.75, 3.05) is 20.2 Å². The predicted octanol–water partition coefficient (Wildman–Crippen LogP) is 3.83. The molecule has 4 aromatic rings. The molecule has 7 heteroatoms. The molecule has 3 aromatic heterocycles. The van der Waals surface area contributed by atoms with Gasteiger partial charge < -0.3 is 18.7 Å². The highest BCUT2D eigenvalue weighted by atomic mass is 16.5. The zero-order valence-electron chi connectivity index (χ0n) is 16.9. The van der Waals surface area contributed by atoms with Gasteiger partial charge in [0.05, 0.1) is 31.0 Å². The summed E-state index contributed by atoms with van der Waals surface area (Å²) >= 11 is 0. The molecule has 1 aliphatic rings. The Bertz CT molecular complexity index is 1200. The van der Waals surface area contributed by atoms with Crippen molar-refractivity contribution in [3.8, 4) is 17.1 Å². The summed E-state index contributed by atoms with van der Waals surface area (Å²) in [6, 6.07) is 11.9. The SMILES string of the molecule is COc1ccc2cc(-c3nccn3C3CCN(Cc4ccco4)CC3)c(=O)[nH]c2c1. The molecule has 7 nitrogen and oxygen atoms in total. The fraction of sp³-hybridized carbons (Fsp3) is 0.304. The normalized spacial score (nSPS) is 15.6. The van der Waals surface area contributed by atoms with Gasteiger partial charge in [-0.1, -0.05) is 0 Å². The fourth-order valence-electron chi connectivity index (χ4n) is 4.27. The van der Waals surface area contributed by atoms with Crippen LogP contribution >= 0.6 is 0 Å². The molecule has 1 aliphatic heterocycles. The summed E-state index contributed by atoms with van der Waals surface area (Å²) in [6.07, 6.45) is 7.50. The number of likely N-dealkylation sites (tertiary alicyclic amines) is 1. The third kappa shape index (κ3) is 3.52. The number of fused-ring (bicyclic) bond motifs is 1. The molecular weight excluding hydrogens is 380 g/mol. The van der Waals surface area contributed by atoms with Gasteiger partial charge in [0.25, 0.3) is 5.56 Å². The van der Waals surface area contributed by atoms with E-state index in [1.54, 1.807) is 19.6 Å². The molecule has 1 N–H and O–H groups in total. The molecule has 0 radical (unpaired) electrons. The van der Waals surface area contributed by atoms with Crippen LogP contribution in [-0.4, -0.2) is 39.6 Å². The average molecular weight is 404 g/mol. The van der Waals surface area contributed by atoms with Gasteiger partial charge in [0, 0.05) is 37.6 Å². The maximum atomic E-state index is 12.8. The summed E-state index contributed by atoms with van der Waals surface area (Å²) in [7, 11) is 1.62. The zero-order valence-corrected chi connectivity index (χ0v) is 16.9. The van der Waals surface area contributed by atoms with Crippen LogP contribution in [0.25, 0.3) is 22.3 Å². The topological polar surface area (TPSA) is 76.3 Å². The minimum absolute atomic E-state index is 0.140. The first-order chi connectivity index (χ1) is 14.7. The van der Waals surface area contributed by atoms with Gasteiger partial charge in [-0.3, -0.25) is 9.69 Å². The first-order valence-corrected chi connectivity index (χ1v) is 10.2. The van der Waals surface area contributed by atoms with Gasteiger partial charge in [-0.2, -0.15) is 0 Å². The monoisotopic (exact) mass is 404 g/mol. The summed E-state index contributed by atoms with van der Waals surface area (Å²) in [4.78, 5) is 22.7. The number of pyridine rings is 1. The summed E-state index contributed by atoms with van der Waals surface area (Å²) in [5, 5.41) is 0.952. The number of hydrogen-bond donors (Lipinski definition) is 1. The third-order valence-corrected chi connectivity index (χ3v) is 5.87. The summed E-state index contributed by atoms with van der Waals surface area (Å²) in [5.41, 5.74) is 1.21. The molecule has 0 aliphatic carbocycles. The number of rotatable bonds is 5. The molecule has 1 fully saturated rings. The molecule has 0 saturated carbocycles. The molecule has 30 heavy (non-hydrogen) atoms. The molecule has 0 bridgehead atoms. The minimum atomic E-state index is -0.140. The molecule has 0 spiro atoms. The standard InChI is InChI=1S/C23H24N4O3/c1-29-18-5-4-16-13-20(23(28)25-21(16)14-18)22-24-8-11-27(22)17-6-9-26(10-7-17)15-19-3-2-12-30-19/h2-5,8,11-14,17H,6-7,9-10,15H2,1H3,(H,25,28). The molecule has 4 heterocycles. The number of methoxy groups -OCH3 is 1. The van der Waals surface area contributed by atoms with Crippen molar-refractivity contribution < 1.29 is 9.15 Å². The number of aromatic amines is 1. The van der Waals surface area contributed by atoms with Crippen molar-refractivity contribution in [3.63, 3.8) is 0 Å². The van der Waals surface area contributed by atoms with Crippen LogP contribution in [0.5, 0.6) is 5.75 Å². The average Bonchev–Trinajstić information content (AvgIpc) is 3.45. The van der Waals surface area contributed by atoms with Gasteiger partial charge in [0.2, 0.25) is 0 Å². The second-order valence-corrected chi connectivity index (χ2v) is 7.71. The summed E-state index contributed by atoms with van der Waals surface area (Å²) in [5.74, 6) is 2.43. The van der Waals surface area contributed by atoms with E-state index >= 15 is 0 Å². The Kier molecular flexibility index (Phi) is 4.88. The van der Waals surface area contributed by atoms with E-state index in [0.29, 0.717) is 17.4 Å². The number of imidazole rings is 1. The van der Waals surface area contributed by atoms with Crippen LogP contribution in [0, 0.1) is 0 Å². The second kappa shape index (κ2) is 7.84. The van der Waals surface area contributed by atoms with Crippen molar-refractivity contribution in [1.82, 2.24) is 19.4 Å². The lowest BCUT2D eigenvalue weighted by molar-refractivity contribution is 0.169. The Balaban J connectivity index is 1.39. The van der Waals surface area contributed by atoms with E-state index in [2.05, 4.69) is 19.4 Å². The van der Waals surface area contributed by atoms with Crippen LogP contribution in [0.2, 0.25) is 0 Å². The molecule has 154 valence electrons. The number of nitrogens with one attached hydrogen (secondary N) is 1. The highest BCUT2D eigenvalue weighted by Crippen LogP contribution is 2.29. The summed E-state index contributed by atoms with van der Waals surface area (Å²) < 4.78 is 12.9. The lowest BCUT2D eigenvalue weighted by atomic mass is 10.0. The van der Waals surface area contributed by atoms with Crippen LogP contribution in [0.4, 0.5) is 0 Å². The first-order valence-electron chi connectivity index (χ1n) is 10.2.